The van der Waals surface area contributed by atoms with E-state index in [1.54, 1.807) is 0 Å². The van der Waals surface area contributed by atoms with E-state index < -0.39 is 0 Å². The predicted octanol–water partition coefficient (Wildman–Crippen LogP) is 7.14. The Kier molecular flexibility index (Phi) is 8.24. The Morgan fingerprint density at radius 3 is 2.19 bits per heavy atom. The van der Waals surface area contributed by atoms with Gasteiger partial charge in [0.05, 0.1) is 5.69 Å². The molecule has 0 saturated heterocycles. The van der Waals surface area contributed by atoms with Crippen LogP contribution in [0.4, 0.5) is 0 Å². The molecule has 3 aromatic rings. The zero-order valence-electron chi connectivity index (χ0n) is 19.9. The number of hydrogen-bond donors (Lipinski definition) is 1. The fourth-order valence-corrected chi connectivity index (χ4v) is 4.14. The lowest BCUT2D eigenvalue weighted by Gasteiger charge is -2.24. The molecule has 3 rings (SSSR count). The van der Waals surface area contributed by atoms with Gasteiger partial charge in [-0.15, -0.1) is 0 Å². The highest BCUT2D eigenvalue weighted by atomic mass is 16.5. The van der Waals surface area contributed by atoms with Crippen LogP contribution in [0.3, 0.4) is 0 Å². The minimum Gasteiger partial charge on any atom is -0.488 e. The highest BCUT2D eigenvalue weighted by Crippen LogP contribution is 2.41. The lowest BCUT2D eigenvalue weighted by atomic mass is 9.85. The molecule has 0 amide bonds. The van der Waals surface area contributed by atoms with Gasteiger partial charge in [0.1, 0.15) is 12.4 Å². The second-order valence-electron chi connectivity index (χ2n) is 8.70. The number of nitrogens with zero attached hydrogens (tertiary/aromatic N) is 1. The average molecular weight is 430 g/mol. The molecule has 0 aliphatic heterocycles. The first kappa shape index (κ1) is 23.7. The third-order valence-corrected chi connectivity index (χ3v) is 5.58. The Hall–Kier alpha value is -2.91. The molecule has 3 heteroatoms. The largest absolute Gasteiger partial charge is 0.488 e. The summed E-state index contributed by atoms with van der Waals surface area (Å²) in [6, 6.07) is 18.4. The van der Waals surface area contributed by atoms with Crippen molar-refractivity contribution < 1.29 is 9.84 Å². The molecule has 2 aromatic carbocycles. The van der Waals surface area contributed by atoms with Gasteiger partial charge in [0.2, 0.25) is 0 Å². The van der Waals surface area contributed by atoms with Gasteiger partial charge in [0.25, 0.3) is 0 Å². The first-order chi connectivity index (χ1) is 15.5. The molecule has 32 heavy (non-hydrogen) atoms. The molecule has 0 saturated carbocycles. The Bertz CT molecular complexity index is 1050. The van der Waals surface area contributed by atoms with Crippen LogP contribution < -0.4 is 4.74 Å². The smallest absolute Gasteiger partial charge is 0.127 e. The van der Waals surface area contributed by atoms with Gasteiger partial charge in [0, 0.05) is 23.4 Å². The molecule has 0 atom stereocenters. The predicted molar refractivity (Wildman–Crippen MR) is 134 cm³/mol. The summed E-state index contributed by atoms with van der Waals surface area (Å²) in [4.78, 5) is 5.12. The first-order valence-corrected chi connectivity index (χ1v) is 11.5. The van der Waals surface area contributed by atoms with E-state index >= 15 is 0 Å². The fourth-order valence-electron chi connectivity index (χ4n) is 4.14. The Balaban J connectivity index is 2.25. The quantitative estimate of drug-likeness (QED) is 0.393. The van der Waals surface area contributed by atoms with E-state index in [0.717, 1.165) is 45.0 Å². The van der Waals surface area contributed by atoms with Gasteiger partial charge < -0.3 is 9.84 Å². The standard InChI is InChI=1S/C29H35NO2/c1-6-12-24-27(25(17-18-31)29(21(4)5)30-28(24)20(2)3)23-15-10-11-16-26(23)32-19-22-13-8-7-9-14-22/h6-16,20-21,31H,17-19H2,1-5H3. The van der Waals surface area contributed by atoms with Gasteiger partial charge in [-0.2, -0.15) is 0 Å². The summed E-state index contributed by atoms with van der Waals surface area (Å²) in [7, 11) is 0. The highest BCUT2D eigenvalue weighted by molar-refractivity contribution is 5.83. The SMILES string of the molecule is CC=Cc1c(C(C)C)nc(C(C)C)c(CCO)c1-c1ccccc1OCc1ccccc1. The molecular formula is C29H35NO2. The van der Waals surface area contributed by atoms with E-state index in [0.29, 0.717) is 13.0 Å². The maximum absolute atomic E-state index is 9.94. The van der Waals surface area contributed by atoms with E-state index in [1.807, 2.05) is 37.3 Å². The van der Waals surface area contributed by atoms with Crippen LogP contribution in [0.1, 0.15) is 74.5 Å². The lowest BCUT2D eigenvalue weighted by molar-refractivity contribution is 0.298. The number of ether oxygens (including phenoxy) is 1. The van der Waals surface area contributed by atoms with Crippen molar-refractivity contribution in [3.63, 3.8) is 0 Å². The minimum atomic E-state index is 0.0811. The van der Waals surface area contributed by atoms with Crippen LogP contribution in [-0.4, -0.2) is 16.7 Å². The fraction of sp³-hybridized carbons (Fsp3) is 0.345. The topological polar surface area (TPSA) is 42.4 Å². The Labute approximate surface area is 192 Å². The monoisotopic (exact) mass is 429 g/mol. The molecular weight excluding hydrogens is 394 g/mol. The molecule has 3 nitrogen and oxygen atoms in total. The van der Waals surface area contributed by atoms with Crippen molar-refractivity contribution in [1.82, 2.24) is 4.98 Å². The first-order valence-electron chi connectivity index (χ1n) is 11.5. The molecule has 0 fully saturated rings. The van der Waals surface area contributed by atoms with Gasteiger partial charge in [-0.25, -0.2) is 0 Å². The minimum absolute atomic E-state index is 0.0811. The van der Waals surface area contributed by atoms with E-state index in [1.165, 1.54) is 0 Å². The molecule has 0 unspecified atom stereocenters. The third-order valence-electron chi connectivity index (χ3n) is 5.58. The van der Waals surface area contributed by atoms with Crippen molar-refractivity contribution >= 4 is 6.08 Å². The summed E-state index contributed by atoms with van der Waals surface area (Å²) in [5.74, 6) is 1.37. The third kappa shape index (κ3) is 5.28. The summed E-state index contributed by atoms with van der Waals surface area (Å²) in [6.45, 7) is 11.3. The van der Waals surface area contributed by atoms with Crippen LogP contribution in [0.5, 0.6) is 5.75 Å². The maximum Gasteiger partial charge on any atom is 0.127 e. The average Bonchev–Trinajstić information content (AvgIpc) is 2.79. The maximum atomic E-state index is 9.94. The number of aromatic nitrogens is 1. The molecule has 1 heterocycles. The van der Waals surface area contributed by atoms with E-state index in [9.17, 15) is 5.11 Å². The number of benzene rings is 2. The number of rotatable bonds is 9. The molecule has 0 aliphatic carbocycles. The molecule has 0 spiro atoms. The van der Waals surface area contributed by atoms with E-state index in [2.05, 4.69) is 64.1 Å². The normalized spacial score (nSPS) is 11.6. The van der Waals surface area contributed by atoms with Gasteiger partial charge >= 0.3 is 0 Å². The van der Waals surface area contributed by atoms with Crippen molar-refractivity contribution in [3.05, 3.63) is 88.8 Å². The molecule has 0 aliphatic rings. The summed E-state index contributed by atoms with van der Waals surface area (Å²) in [6.07, 6.45) is 4.78. The zero-order valence-corrected chi connectivity index (χ0v) is 19.9. The molecule has 0 radical (unpaired) electrons. The van der Waals surface area contributed by atoms with Crippen LogP contribution in [-0.2, 0) is 13.0 Å². The van der Waals surface area contributed by atoms with Crippen LogP contribution in [0.2, 0.25) is 0 Å². The summed E-state index contributed by atoms with van der Waals surface area (Å²) >= 11 is 0. The van der Waals surface area contributed by atoms with Gasteiger partial charge in [0.15, 0.2) is 0 Å². The second-order valence-corrected chi connectivity index (χ2v) is 8.70. The molecule has 0 bridgehead atoms. The number of aliphatic hydroxyl groups is 1. The number of para-hydroxylation sites is 1. The lowest BCUT2D eigenvalue weighted by Crippen LogP contribution is -2.12. The van der Waals surface area contributed by atoms with Crippen LogP contribution >= 0.6 is 0 Å². The van der Waals surface area contributed by atoms with E-state index in [4.69, 9.17) is 9.72 Å². The Morgan fingerprint density at radius 2 is 1.56 bits per heavy atom. The second kappa shape index (κ2) is 11.1. The molecule has 1 N–H and O–H groups in total. The van der Waals surface area contributed by atoms with Crippen LogP contribution in [0, 0.1) is 0 Å². The van der Waals surface area contributed by atoms with Crippen molar-refractivity contribution in [2.75, 3.05) is 6.61 Å². The van der Waals surface area contributed by atoms with Crippen molar-refractivity contribution in [2.45, 2.75) is 59.5 Å². The summed E-state index contributed by atoms with van der Waals surface area (Å²) in [5.41, 5.74) is 7.67. The van der Waals surface area contributed by atoms with Gasteiger partial charge in [-0.1, -0.05) is 88.4 Å². The summed E-state index contributed by atoms with van der Waals surface area (Å²) in [5, 5.41) is 9.94. The van der Waals surface area contributed by atoms with E-state index in [-0.39, 0.29) is 18.4 Å². The van der Waals surface area contributed by atoms with Crippen molar-refractivity contribution in [1.29, 1.82) is 0 Å². The summed E-state index contributed by atoms with van der Waals surface area (Å²) < 4.78 is 6.34. The number of aliphatic hydroxyl groups excluding tert-OH is 1. The number of pyridine rings is 1. The van der Waals surface area contributed by atoms with Crippen LogP contribution in [0.15, 0.2) is 60.7 Å². The zero-order chi connectivity index (χ0) is 23.1. The van der Waals surface area contributed by atoms with Gasteiger partial charge in [-0.05, 0) is 47.9 Å². The molecule has 1 aromatic heterocycles. The number of allylic oxidation sites excluding steroid dienone is 1. The van der Waals surface area contributed by atoms with Crippen LogP contribution in [0.25, 0.3) is 17.2 Å². The number of hydrogen-bond acceptors (Lipinski definition) is 3. The van der Waals surface area contributed by atoms with Gasteiger partial charge in [-0.3, -0.25) is 4.98 Å². The van der Waals surface area contributed by atoms with Crippen molar-refractivity contribution in [3.8, 4) is 16.9 Å². The highest BCUT2D eigenvalue weighted by Gasteiger charge is 2.24. The van der Waals surface area contributed by atoms with Crippen molar-refractivity contribution in [2.24, 2.45) is 0 Å². The molecule has 168 valence electrons. The Morgan fingerprint density at radius 1 is 0.906 bits per heavy atom.